The highest BCUT2D eigenvalue weighted by Gasteiger charge is 2.36. The van der Waals surface area contributed by atoms with Crippen LogP contribution in [-0.2, 0) is 0 Å². The van der Waals surface area contributed by atoms with Crippen molar-refractivity contribution in [3.05, 3.63) is 90.1 Å². The van der Waals surface area contributed by atoms with Crippen LogP contribution in [0, 0.1) is 23.7 Å². The lowest BCUT2D eigenvalue weighted by atomic mass is 9.86. The van der Waals surface area contributed by atoms with E-state index in [1.807, 2.05) is 0 Å². The molecule has 3 aliphatic rings. The Morgan fingerprint density at radius 1 is 1.07 bits per heavy atom. The van der Waals surface area contributed by atoms with Gasteiger partial charge in [-0.1, -0.05) is 85.9 Å². The molecule has 140 valence electrons. The first-order valence-corrected chi connectivity index (χ1v) is 10.6. The molecule has 1 saturated carbocycles. The molecule has 1 aromatic carbocycles. The molecular weight excluding hydrogens is 324 g/mol. The quantitative estimate of drug-likeness (QED) is 0.366. The van der Waals surface area contributed by atoms with E-state index >= 15 is 0 Å². The maximum absolute atomic E-state index is 4.33. The standard InChI is InChI=1S/C27H32/c1-4-22(11-9-19(2)20(3)23-7-5-6-8-23)24-13-15-25(16-14-24)27-18-21-10-12-26(27)17-21/h4-5,7,9-16,20-21,23,26-27H,2,6,8,17-18H2,1,3H3/b11-9-,22-4+. The van der Waals surface area contributed by atoms with Crippen LogP contribution in [0.1, 0.15) is 56.6 Å². The van der Waals surface area contributed by atoms with Crippen molar-refractivity contribution in [1.82, 2.24) is 0 Å². The Balaban J connectivity index is 1.42. The van der Waals surface area contributed by atoms with E-state index in [9.17, 15) is 0 Å². The lowest BCUT2D eigenvalue weighted by Gasteiger charge is -2.19. The summed E-state index contributed by atoms with van der Waals surface area (Å²) in [5, 5.41) is 0. The van der Waals surface area contributed by atoms with E-state index in [1.165, 1.54) is 48.0 Å². The SMILES string of the molecule is C=C(/C=C\C(=C/C)c1ccc(C2CC3C=CC2C3)cc1)C(C)C1C=CCC1. The summed E-state index contributed by atoms with van der Waals surface area (Å²) >= 11 is 0. The molecule has 4 rings (SSSR count). The molecule has 0 N–H and O–H groups in total. The van der Waals surface area contributed by atoms with Gasteiger partial charge < -0.3 is 0 Å². The van der Waals surface area contributed by atoms with Crippen LogP contribution >= 0.6 is 0 Å². The van der Waals surface area contributed by atoms with E-state index in [-0.39, 0.29) is 0 Å². The predicted octanol–water partition coefficient (Wildman–Crippen LogP) is 7.48. The van der Waals surface area contributed by atoms with Gasteiger partial charge in [0.25, 0.3) is 0 Å². The van der Waals surface area contributed by atoms with Crippen LogP contribution < -0.4 is 0 Å². The number of rotatable bonds is 6. The van der Waals surface area contributed by atoms with E-state index in [2.05, 4.69) is 87.2 Å². The maximum Gasteiger partial charge on any atom is -0.00932 e. The first-order chi connectivity index (χ1) is 13.2. The number of hydrogen-bond acceptors (Lipinski definition) is 0. The second-order valence-corrected chi connectivity index (χ2v) is 8.62. The zero-order valence-corrected chi connectivity index (χ0v) is 16.8. The molecule has 0 amide bonds. The van der Waals surface area contributed by atoms with Crippen molar-refractivity contribution in [2.24, 2.45) is 23.7 Å². The number of benzene rings is 1. The van der Waals surface area contributed by atoms with Crippen molar-refractivity contribution >= 4 is 5.57 Å². The van der Waals surface area contributed by atoms with E-state index < -0.39 is 0 Å². The molecule has 0 radical (unpaired) electrons. The lowest BCUT2D eigenvalue weighted by molar-refractivity contribution is 0.489. The first kappa shape index (κ1) is 18.3. The van der Waals surface area contributed by atoms with Gasteiger partial charge in [0.15, 0.2) is 0 Å². The summed E-state index contributed by atoms with van der Waals surface area (Å²) in [6.45, 7) is 8.76. The fraction of sp³-hybridized carbons (Fsp3) is 0.407. The molecule has 5 atom stereocenters. The third-order valence-corrected chi connectivity index (χ3v) is 7.02. The largest absolute Gasteiger partial charge is 0.0955 e. The summed E-state index contributed by atoms with van der Waals surface area (Å²) in [6, 6.07) is 9.31. The van der Waals surface area contributed by atoms with E-state index in [0.29, 0.717) is 11.8 Å². The third kappa shape index (κ3) is 3.81. The molecule has 3 aliphatic carbocycles. The van der Waals surface area contributed by atoms with Crippen molar-refractivity contribution in [2.75, 3.05) is 0 Å². The van der Waals surface area contributed by atoms with Crippen LogP contribution in [0.5, 0.6) is 0 Å². The van der Waals surface area contributed by atoms with Crippen LogP contribution in [0.3, 0.4) is 0 Å². The van der Waals surface area contributed by atoms with Gasteiger partial charge >= 0.3 is 0 Å². The Morgan fingerprint density at radius 3 is 2.48 bits per heavy atom. The highest BCUT2D eigenvalue weighted by molar-refractivity contribution is 5.74. The molecule has 0 spiro atoms. The average Bonchev–Trinajstić information content (AvgIpc) is 3.46. The third-order valence-electron chi connectivity index (χ3n) is 7.02. The Kier molecular flexibility index (Phi) is 5.34. The Hall–Kier alpha value is -2.08. The van der Waals surface area contributed by atoms with Gasteiger partial charge in [-0.15, -0.1) is 0 Å². The molecule has 0 heterocycles. The van der Waals surface area contributed by atoms with Crippen molar-refractivity contribution in [3.63, 3.8) is 0 Å². The molecule has 0 aromatic heterocycles. The minimum Gasteiger partial charge on any atom is -0.0955 e. The average molecular weight is 357 g/mol. The minimum absolute atomic E-state index is 0.520. The molecule has 1 fully saturated rings. The molecule has 0 aliphatic heterocycles. The number of fused-ring (bicyclic) bond motifs is 2. The summed E-state index contributed by atoms with van der Waals surface area (Å²) in [5.74, 6) is 3.52. The van der Waals surface area contributed by atoms with Gasteiger partial charge in [0.05, 0.1) is 0 Å². The number of hydrogen-bond donors (Lipinski definition) is 0. The molecule has 27 heavy (non-hydrogen) atoms. The van der Waals surface area contributed by atoms with Crippen LogP contribution in [0.2, 0.25) is 0 Å². The van der Waals surface area contributed by atoms with Gasteiger partial charge in [-0.3, -0.25) is 0 Å². The molecule has 1 aromatic rings. The Labute approximate surface area is 165 Å². The van der Waals surface area contributed by atoms with Gasteiger partial charge in [0.1, 0.15) is 0 Å². The van der Waals surface area contributed by atoms with Crippen molar-refractivity contribution in [2.45, 2.75) is 45.4 Å². The Morgan fingerprint density at radius 2 is 1.89 bits per heavy atom. The molecule has 2 bridgehead atoms. The van der Waals surface area contributed by atoms with Crippen molar-refractivity contribution in [3.8, 4) is 0 Å². The first-order valence-electron chi connectivity index (χ1n) is 10.6. The Bertz CT molecular complexity index is 799. The summed E-state index contributed by atoms with van der Waals surface area (Å²) in [4.78, 5) is 0. The smallest absolute Gasteiger partial charge is 0.00932 e. The zero-order chi connectivity index (χ0) is 18.8. The summed E-state index contributed by atoms with van der Waals surface area (Å²) < 4.78 is 0. The van der Waals surface area contributed by atoms with Crippen LogP contribution in [0.15, 0.2) is 78.9 Å². The van der Waals surface area contributed by atoms with E-state index in [4.69, 9.17) is 0 Å². The fourth-order valence-corrected chi connectivity index (χ4v) is 5.14. The highest BCUT2D eigenvalue weighted by Crippen LogP contribution is 2.48. The van der Waals surface area contributed by atoms with Crippen LogP contribution in [0.25, 0.3) is 5.57 Å². The summed E-state index contributed by atoms with van der Waals surface area (Å²) in [7, 11) is 0. The molecule has 5 unspecified atom stereocenters. The van der Waals surface area contributed by atoms with Gasteiger partial charge in [-0.05, 0) is 78.9 Å². The van der Waals surface area contributed by atoms with Gasteiger partial charge in [-0.25, -0.2) is 0 Å². The summed E-state index contributed by atoms with van der Waals surface area (Å²) in [5.41, 5.74) is 5.33. The monoisotopic (exact) mass is 356 g/mol. The van der Waals surface area contributed by atoms with Crippen molar-refractivity contribution < 1.29 is 0 Å². The molecule has 0 nitrogen and oxygen atoms in total. The van der Waals surface area contributed by atoms with Gasteiger partial charge in [-0.2, -0.15) is 0 Å². The fourth-order valence-electron chi connectivity index (χ4n) is 5.14. The minimum atomic E-state index is 0.520. The van der Waals surface area contributed by atoms with Crippen molar-refractivity contribution in [1.29, 1.82) is 0 Å². The molecular formula is C27H32. The zero-order valence-electron chi connectivity index (χ0n) is 16.8. The van der Waals surface area contributed by atoms with Gasteiger partial charge in [0.2, 0.25) is 0 Å². The van der Waals surface area contributed by atoms with Crippen LogP contribution in [-0.4, -0.2) is 0 Å². The summed E-state index contributed by atoms with van der Waals surface area (Å²) in [6.07, 6.45) is 21.4. The van der Waals surface area contributed by atoms with Gasteiger partial charge in [0, 0.05) is 0 Å². The predicted molar refractivity (Wildman–Crippen MR) is 117 cm³/mol. The number of allylic oxidation sites excluding steroid dienone is 9. The molecule has 0 saturated heterocycles. The normalized spacial score (nSPS) is 30.5. The molecule has 0 heteroatoms. The van der Waals surface area contributed by atoms with E-state index in [1.54, 1.807) is 0 Å². The van der Waals surface area contributed by atoms with Crippen LogP contribution in [0.4, 0.5) is 0 Å². The van der Waals surface area contributed by atoms with E-state index in [0.717, 1.165) is 17.8 Å². The lowest BCUT2D eigenvalue weighted by Crippen LogP contribution is -2.07. The maximum atomic E-state index is 4.33. The topological polar surface area (TPSA) is 0 Å². The second kappa shape index (κ2) is 7.89. The second-order valence-electron chi connectivity index (χ2n) is 8.62. The highest BCUT2D eigenvalue weighted by atomic mass is 14.4.